The molecule has 1 aromatic heterocycles. The van der Waals surface area contributed by atoms with Crippen LogP contribution in [-0.2, 0) is 6.42 Å². The SMILES string of the molecule is CCCCc1ccc(OCC(=O)c2cccs2)cc1. The first-order chi connectivity index (χ1) is 9.29. The standard InChI is InChI=1S/C16H18O2S/c1-2-3-5-13-7-9-14(10-8-13)18-12-15(17)16-6-4-11-19-16/h4,6-11H,2-3,5,12H2,1H3. The molecular formula is C16H18O2S. The molecule has 2 aromatic rings. The zero-order chi connectivity index (χ0) is 13.5. The van der Waals surface area contributed by atoms with Gasteiger partial charge < -0.3 is 4.74 Å². The number of benzene rings is 1. The van der Waals surface area contributed by atoms with Gasteiger partial charge in [0.25, 0.3) is 0 Å². The average molecular weight is 274 g/mol. The molecule has 0 saturated heterocycles. The van der Waals surface area contributed by atoms with Crippen molar-refractivity contribution in [3.8, 4) is 5.75 Å². The maximum atomic E-state index is 11.8. The number of unbranched alkanes of at least 4 members (excludes halogenated alkanes) is 1. The molecule has 3 heteroatoms. The lowest BCUT2D eigenvalue weighted by atomic mass is 10.1. The van der Waals surface area contributed by atoms with Crippen LogP contribution in [0.5, 0.6) is 5.75 Å². The van der Waals surface area contributed by atoms with Crippen LogP contribution in [0.15, 0.2) is 41.8 Å². The second-order valence-corrected chi connectivity index (χ2v) is 5.38. The maximum absolute atomic E-state index is 11.8. The third-order valence-electron chi connectivity index (χ3n) is 2.91. The van der Waals surface area contributed by atoms with E-state index in [0.717, 1.165) is 17.0 Å². The first-order valence-corrected chi connectivity index (χ1v) is 7.46. The van der Waals surface area contributed by atoms with Crippen molar-refractivity contribution in [3.63, 3.8) is 0 Å². The average Bonchev–Trinajstić information content (AvgIpc) is 2.98. The summed E-state index contributed by atoms with van der Waals surface area (Å²) < 4.78 is 5.51. The van der Waals surface area contributed by atoms with Gasteiger partial charge in [-0.25, -0.2) is 0 Å². The van der Waals surface area contributed by atoms with Gasteiger partial charge in [-0.15, -0.1) is 11.3 Å². The second-order valence-electron chi connectivity index (χ2n) is 4.44. The number of ketones is 1. The molecule has 100 valence electrons. The number of hydrogen-bond acceptors (Lipinski definition) is 3. The van der Waals surface area contributed by atoms with Crippen LogP contribution in [0.4, 0.5) is 0 Å². The summed E-state index contributed by atoms with van der Waals surface area (Å²) in [6.45, 7) is 2.29. The monoisotopic (exact) mass is 274 g/mol. The first-order valence-electron chi connectivity index (χ1n) is 6.58. The Labute approximate surface area is 118 Å². The third-order valence-corrected chi connectivity index (χ3v) is 3.82. The van der Waals surface area contributed by atoms with Gasteiger partial charge in [0.1, 0.15) is 5.75 Å². The number of rotatable bonds is 7. The fourth-order valence-electron chi connectivity index (χ4n) is 1.79. The predicted molar refractivity (Wildman–Crippen MR) is 79.2 cm³/mol. The summed E-state index contributed by atoms with van der Waals surface area (Å²) >= 11 is 1.45. The second kappa shape index (κ2) is 7.10. The molecule has 1 heterocycles. The van der Waals surface area contributed by atoms with E-state index in [4.69, 9.17) is 4.74 Å². The summed E-state index contributed by atoms with van der Waals surface area (Å²) in [4.78, 5) is 12.5. The molecule has 2 rings (SSSR count). The van der Waals surface area contributed by atoms with Crippen LogP contribution in [0.3, 0.4) is 0 Å². The summed E-state index contributed by atoms with van der Waals surface area (Å²) in [5, 5.41) is 1.90. The lowest BCUT2D eigenvalue weighted by Crippen LogP contribution is -2.09. The summed E-state index contributed by atoms with van der Waals surface area (Å²) in [5.41, 5.74) is 1.32. The van der Waals surface area contributed by atoms with Gasteiger partial charge in [-0.05, 0) is 42.0 Å². The normalized spacial score (nSPS) is 10.4. The third kappa shape index (κ3) is 4.21. The lowest BCUT2D eigenvalue weighted by Gasteiger charge is -2.06. The minimum atomic E-state index is 0.0325. The van der Waals surface area contributed by atoms with E-state index in [-0.39, 0.29) is 12.4 Å². The Balaban J connectivity index is 1.84. The van der Waals surface area contributed by atoms with Gasteiger partial charge in [0.15, 0.2) is 6.61 Å². The number of hydrogen-bond donors (Lipinski definition) is 0. The largest absolute Gasteiger partial charge is 0.485 e. The number of Topliss-reactive ketones (excluding diaryl/α,β-unsaturated/α-hetero) is 1. The van der Waals surface area contributed by atoms with Crippen LogP contribution < -0.4 is 4.74 Å². The van der Waals surface area contributed by atoms with Crippen LogP contribution in [0.25, 0.3) is 0 Å². The van der Waals surface area contributed by atoms with Crippen molar-refractivity contribution in [1.29, 1.82) is 0 Å². The minimum absolute atomic E-state index is 0.0325. The number of thiophene rings is 1. The minimum Gasteiger partial charge on any atom is -0.485 e. The van der Waals surface area contributed by atoms with E-state index in [1.807, 2.05) is 29.6 Å². The van der Waals surface area contributed by atoms with E-state index < -0.39 is 0 Å². The van der Waals surface area contributed by atoms with Crippen LogP contribution in [0, 0.1) is 0 Å². The van der Waals surface area contributed by atoms with Gasteiger partial charge in [-0.2, -0.15) is 0 Å². The van der Waals surface area contributed by atoms with Gasteiger partial charge >= 0.3 is 0 Å². The van der Waals surface area contributed by atoms with Crippen LogP contribution in [-0.4, -0.2) is 12.4 Å². The number of carbonyl (C=O) groups is 1. The highest BCUT2D eigenvalue weighted by molar-refractivity contribution is 7.12. The molecule has 0 aliphatic heterocycles. The predicted octanol–water partition coefficient (Wildman–Crippen LogP) is 4.35. The van der Waals surface area contributed by atoms with Crippen molar-refractivity contribution in [2.24, 2.45) is 0 Å². The van der Waals surface area contributed by atoms with Crippen molar-refractivity contribution >= 4 is 17.1 Å². The zero-order valence-corrected chi connectivity index (χ0v) is 11.9. The van der Waals surface area contributed by atoms with Crippen LogP contribution >= 0.6 is 11.3 Å². The van der Waals surface area contributed by atoms with Crippen LogP contribution in [0.2, 0.25) is 0 Å². The molecule has 0 radical (unpaired) electrons. The molecule has 0 saturated carbocycles. The molecule has 0 aliphatic rings. The Kier molecular flexibility index (Phi) is 5.16. The molecule has 0 unspecified atom stereocenters. The van der Waals surface area contributed by atoms with Gasteiger partial charge in [0.05, 0.1) is 4.88 Å². The topological polar surface area (TPSA) is 26.3 Å². The Morgan fingerprint density at radius 2 is 2.00 bits per heavy atom. The molecule has 0 atom stereocenters. The van der Waals surface area contributed by atoms with Gasteiger partial charge in [-0.3, -0.25) is 4.79 Å². The van der Waals surface area contributed by atoms with Crippen molar-refractivity contribution in [2.45, 2.75) is 26.2 Å². The van der Waals surface area contributed by atoms with Gasteiger partial charge in [-0.1, -0.05) is 31.5 Å². The fourth-order valence-corrected chi connectivity index (χ4v) is 2.44. The van der Waals surface area contributed by atoms with Crippen molar-refractivity contribution in [3.05, 3.63) is 52.2 Å². The van der Waals surface area contributed by atoms with Gasteiger partial charge in [0, 0.05) is 0 Å². The van der Waals surface area contributed by atoms with Crippen LogP contribution in [0.1, 0.15) is 35.0 Å². The molecule has 0 aliphatic carbocycles. The van der Waals surface area contributed by atoms with Crippen molar-refractivity contribution in [2.75, 3.05) is 6.61 Å². The Bertz CT molecular complexity index is 500. The molecular weight excluding hydrogens is 256 g/mol. The van der Waals surface area contributed by atoms with E-state index >= 15 is 0 Å². The Morgan fingerprint density at radius 1 is 1.21 bits per heavy atom. The number of aryl methyl sites for hydroxylation is 1. The van der Waals surface area contributed by atoms with Crippen molar-refractivity contribution in [1.82, 2.24) is 0 Å². The molecule has 0 N–H and O–H groups in total. The molecule has 2 nitrogen and oxygen atoms in total. The summed E-state index contributed by atoms with van der Waals surface area (Å²) in [5.74, 6) is 0.787. The lowest BCUT2D eigenvalue weighted by molar-refractivity contribution is 0.0925. The van der Waals surface area contributed by atoms with E-state index in [0.29, 0.717) is 0 Å². The highest BCUT2D eigenvalue weighted by Crippen LogP contribution is 2.15. The highest BCUT2D eigenvalue weighted by atomic mass is 32.1. The molecule has 0 amide bonds. The Morgan fingerprint density at radius 3 is 2.63 bits per heavy atom. The fraction of sp³-hybridized carbons (Fsp3) is 0.312. The van der Waals surface area contributed by atoms with E-state index in [1.165, 1.54) is 29.7 Å². The number of carbonyl (C=O) groups excluding carboxylic acids is 1. The van der Waals surface area contributed by atoms with E-state index in [2.05, 4.69) is 19.1 Å². The smallest absolute Gasteiger partial charge is 0.210 e. The first kappa shape index (κ1) is 13.8. The van der Waals surface area contributed by atoms with Crippen molar-refractivity contribution < 1.29 is 9.53 Å². The molecule has 0 bridgehead atoms. The highest BCUT2D eigenvalue weighted by Gasteiger charge is 2.07. The molecule has 0 spiro atoms. The summed E-state index contributed by atoms with van der Waals surface area (Å²) in [6, 6.07) is 11.7. The molecule has 1 aromatic carbocycles. The van der Waals surface area contributed by atoms with E-state index in [9.17, 15) is 4.79 Å². The molecule has 0 fully saturated rings. The molecule has 19 heavy (non-hydrogen) atoms. The summed E-state index contributed by atoms with van der Waals surface area (Å²) in [7, 11) is 0. The maximum Gasteiger partial charge on any atom is 0.210 e. The quantitative estimate of drug-likeness (QED) is 0.701. The zero-order valence-electron chi connectivity index (χ0n) is 11.1. The van der Waals surface area contributed by atoms with Gasteiger partial charge in [0.2, 0.25) is 5.78 Å². The summed E-state index contributed by atoms with van der Waals surface area (Å²) in [6.07, 6.45) is 3.51. The Hall–Kier alpha value is -1.61. The van der Waals surface area contributed by atoms with E-state index in [1.54, 1.807) is 0 Å². The number of ether oxygens (including phenoxy) is 1.